The Morgan fingerprint density at radius 3 is 2.69 bits per heavy atom. The van der Waals surface area contributed by atoms with Crippen LogP contribution in [0.4, 0.5) is 10.1 Å². The molecule has 88 valence electrons. The maximum Gasteiger partial charge on any atom is 0.256 e. The number of nitrogens with two attached hydrogens (primary N) is 1. The van der Waals surface area contributed by atoms with Crippen molar-refractivity contribution in [3.8, 4) is 0 Å². The number of amides is 1. The maximum absolute atomic E-state index is 13.7. The second kappa shape index (κ2) is 4.96. The minimum absolute atomic E-state index is 0.0495. The number of nitrogen functional groups attached to an aromatic ring is 1. The Kier molecular flexibility index (Phi) is 3.88. The molecular weight excluding hydrogens is 207 g/mol. The van der Waals surface area contributed by atoms with E-state index in [1.165, 1.54) is 17.0 Å². The lowest BCUT2D eigenvalue weighted by Gasteiger charge is -2.17. The van der Waals surface area contributed by atoms with Crippen LogP contribution in [0.5, 0.6) is 0 Å². The van der Waals surface area contributed by atoms with Gasteiger partial charge in [0.05, 0.1) is 5.56 Å². The molecule has 4 heteroatoms. The van der Waals surface area contributed by atoms with Gasteiger partial charge in [-0.25, -0.2) is 4.39 Å². The molecule has 0 bridgehead atoms. The fourth-order valence-electron chi connectivity index (χ4n) is 1.60. The second-order valence-electron chi connectivity index (χ2n) is 3.93. The quantitative estimate of drug-likeness (QED) is 0.800. The number of anilines is 1. The second-order valence-corrected chi connectivity index (χ2v) is 3.93. The summed E-state index contributed by atoms with van der Waals surface area (Å²) in [4.78, 5) is 13.4. The highest BCUT2D eigenvalue weighted by molar-refractivity contribution is 5.95. The van der Waals surface area contributed by atoms with Gasteiger partial charge in [0.25, 0.3) is 5.91 Å². The number of aryl methyl sites for hydroxylation is 1. The van der Waals surface area contributed by atoms with Gasteiger partial charge < -0.3 is 10.6 Å². The molecule has 0 spiro atoms. The molecule has 0 radical (unpaired) electrons. The molecule has 0 atom stereocenters. The van der Waals surface area contributed by atoms with Gasteiger partial charge in [0.2, 0.25) is 0 Å². The first-order chi connectivity index (χ1) is 7.47. The lowest BCUT2D eigenvalue weighted by atomic mass is 10.1. The number of carbonyl (C=O) groups excluding carboxylic acids is 1. The molecule has 0 aromatic heterocycles. The molecule has 0 aliphatic rings. The smallest absolute Gasteiger partial charge is 0.256 e. The minimum Gasteiger partial charge on any atom is -0.399 e. The van der Waals surface area contributed by atoms with Crippen molar-refractivity contribution in [1.82, 2.24) is 4.90 Å². The minimum atomic E-state index is -0.484. The third-order valence-electron chi connectivity index (χ3n) is 2.41. The fourth-order valence-corrected chi connectivity index (χ4v) is 1.60. The van der Waals surface area contributed by atoms with Crippen LogP contribution in [0.15, 0.2) is 12.1 Å². The Morgan fingerprint density at radius 2 is 2.12 bits per heavy atom. The summed E-state index contributed by atoms with van der Waals surface area (Å²) in [6, 6.07) is 2.91. The van der Waals surface area contributed by atoms with Crippen LogP contribution in [-0.2, 0) is 0 Å². The van der Waals surface area contributed by atoms with Crippen LogP contribution >= 0.6 is 0 Å². The predicted octanol–water partition coefficient (Wildman–Crippen LogP) is 2.20. The van der Waals surface area contributed by atoms with Crippen molar-refractivity contribution in [2.75, 3.05) is 19.3 Å². The van der Waals surface area contributed by atoms with Gasteiger partial charge in [-0.05, 0) is 31.0 Å². The van der Waals surface area contributed by atoms with Gasteiger partial charge in [0, 0.05) is 19.3 Å². The molecule has 1 rings (SSSR count). The molecular formula is C12H17FN2O. The number of rotatable bonds is 3. The van der Waals surface area contributed by atoms with Gasteiger partial charge in [0.15, 0.2) is 0 Å². The van der Waals surface area contributed by atoms with E-state index in [4.69, 9.17) is 5.73 Å². The number of halogens is 1. The van der Waals surface area contributed by atoms with Crippen LogP contribution in [0.25, 0.3) is 0 Å². The average Bonchev–Trinajstić information content (AvgIpc) is 2.22. The number of hydrogen-bond acceptors (Lipinski definition) is 2. The van der Waals surface area contributed by atoms with E-state index in [1.807, 2.05) is 6.92 Å². The number of nitrogens with zero attached hydrogens (tertiary/aromatic N) is 1. The molecule has 0 fully saturated rings. The zero-order chi connectivity index (χ0) is 12.3. The molecule has 3 nitrogen and oxygen atoms in total. The zero-order valence-corrected chi connectivity index (χ0v) is 9.88. The molecule has 1 amide bonds. The molecule has 1 aromatic rings. The Balaban J connectivity index is 3.08. The highest BCUT2D eigenvalue weighted by Crippen LogP contribution is 2.18. The van der Waals surface area contributed by atoms with Crippen molar-refractivity contribution in [2.24, 2.45) is 0 Å². The molecule has 16 heavy (non-hydrogen) atoms. The first kappa shape index (κ1) is 12.5. The SMILES string of the molecule is CCCN(C)C(=O)c1cc(N)cc(C)c1F. The topological polar surface area (TPSA) is 46.3 Å². The van der Waals surface area contributed by atoms with Crippen LogP contribution < -0.4 is 5.73 Å². The summed E-state index contributed by atoms with van der Waals surface area (Å²) in [7, 11) is 1.66. The molecule has 0 aliphatic carbocycles. The van der Waals surface area contributed by atoms with Gasteiger partial charge in [-0.3, -0.25) is 4.79 Å². The largest absolute Gasteiger partial charge is 0.399 e. The molecule has 2 N–H and O–H groups in total. The van der Waals surface area contributed by atoms with Crippen molar-refractivity contribution >= 4 is 11.6 Å². The van der Waals surface area contributed by atoms with E-state index in [9.17, 15) is 9.18 Å². The summed E-state index contributed by atoms with van der Waals surface area (Å²) in [6.45, 7) is 4.17. The van der Waals surface area contributed by atoms with Crippen molar-refractivity contribution in [3.63, 3.8) is 0 Å². The van der Waals surface area contributed by atoms with E-state index in [0.717, 1.165) is 6.42 Å². The summed E-state index contributed by atoms with van der Waals surface area (Å²) in [5.74, 6) is -0.808. The first-order valence-electron chi connectivity index (χ1n) is 5.28. The molecule has 1 aromatic carbocycles. The molecule has 0 unspecified atom stereocenters. The third-order valence-corrected chi connectivity index (χ3v) is 2.41. The van der Waals surface area contributed by atoms with Crippen LogP contribution in [0, 0.1) is 12.7 Å². The van der Waals surface area contributed by atoms with Crippen molar-refractivity contribution < 1.29 is 9.18 Å². The normalized spacial score (nSPS) is 10.2. The molecule has 0 saturated carbocycles. The van der Waals surface area contributed by atoms with Crippen LogP contribution in [0.1, 0.15) is 29.3 Å². The van der Waals surface area contributed by atoms with E-state index >= 15 is 0 Å². The summed E-state index contributed by atoms with van der Waals surface area (Å²) in [6.07, 6.45) is 0.838. The maximum atomic E-state index is 13.7. The van der Waals surface area contributed by atoms with E-state index < -0.39 is 5.82 Å². The highest BCUT2D eigenvalue weighted by atomic mass is 19.1. The number of benzene rings is 1. The molecule has 0 aliphatic heterocycles. The lowest BCUT2D eigenvalue weighted by molar-refractivity contribution is 0.0790. The predicted molar refractivity (Wildman–Crippen MR) is 62.8 cm³/mol. The summed E-state index contributed by atoms with van der Waals surface area (Å²) in [5.41, 5.74) is 6.46. The zero-order valence-electron chi connectivity index (χ0n) is 9.88. The summed E-state index contributed by atoms with van der Waals surface area (Å²) >= 11 is 0. The summed E-state index contributed by atoms with van der Waals surface area (Å²) < 4.78 is 13.7. The van der Waals surface area contributed by atoms with Crippen LogP contribution in [0.3, 0.4) is 0 Å². The average molecular weight is 224 g/mol. The first-order valence-corrected chi connectivity index (χ1v) is 5.28. The van der Waals surface area contributed by atoms with E-state index in [2.05, 4.69) is 0 Å². The summed E-state index contributed by atoms with van der Waals surface area (Å²) in [5, 5.41) is 0. The lowest BCUT2D eigenvalue weighted by Crippen LogP contribution is -2.28. The van der Waals surface area contributed by atoms with E-state index in [1.54, 1.807) is 14.0 Å². The van der Waals surface area contributed by atoms with Crippen molar-refractivity contribution in [2.45, 2.75) is 20.3 Å². The van der Waals surface area contributed by atoms with Gasteiger partial charge in [-0.2, -0.15) is 0 Å². The van der Waals surface area contributed by atoms with E-state index in [0.29, 0.717) is 17.8 Å². The van der Waals surface area contributed by atoms with Crippen LogP contribution in [-0.4, -0.2) is 24.4 Å². The van der Waals surface area contributed by atoms with Crippen LogP contribution in [0.2, 0.25) is 0 Å². The number of hydrogen-bond donors (Lipinski definition) is 1. The molecule has 0 heterocycles. The van der Waals surface area contributed by atoms with Gasteiger partial charge in [-0.1, -0.05) is 6.92 Å². The van der Waals surface area contributed by atoms with Crippen molar-refractivity contribution in [3.05, 3.63) is 29.1 Å². The number of carbonyl (C=O) groups is 1. The highest BCUT2D eigenvalue weighted by Gasteiger charge is 2.17. The van der Waals surface area contributed by atoms with Gasteiger partial charge >= 0.3 is 0 Å². The standard InChI is InChI=1S/C12H17FN2O/c1-4-5-15(3)12(16)10-7-9(14)6-8(2)11(10)13/h6-7H,4-5,14H2,1-3H3. The Hall–Kier alpha value is -1.58. The van der Waals surface area contributed by atoms with Gasteiger partial charge in [0.1, 0.15) is 5.82 Å². The van der Waals surface area contributed by atoms with E-state index in [-0.39, 0.29) is 11.5 Å². The Bertz CT molecular complexity index is 404. The monoisotopic (exact) mass is 224 g/mol. The van der Waals surface area contributed by atoms with Crippen molar-refractivity contribution in [1.29, 1.82) is 0 Å². The van der Waals surface area contributed by atoms with Gasteiger partial charge in [-0.15, -0.1) is 0 Å². The third kappa shape index (κ3) is 2.51. The fraction of sp³-hybridized carbons (Fsp3) is 0.417. The Labute approximate surface area is 95.0 Å². The Morgan fingerprint density at radius 1 is 1.50 bits per heavy atom. The molecule has 0 saturated heterocycles.